The number of aromatic nitrogens is 1. The van der Waals surface area contributed by atoms with Crippen molar-refractivity contribution >= 4 is 44.8 Å². The summed E-state index contributed by atoms with van der Waals surface area (Å²) in [7, 11) is 0. The average molecular weight is 389 g/mol. The van der Waals surface area contributed by atoms with E-state index in [9.17, 15) is 4.79 Å². The normalized spacial score (nSPS) is 10.8. The highest BCUT2D eigenvalue weighted by Crippen LogP contribution is 2.33. The van der Waals surface area contributed by atoms with Crippen LogP contribution in [-0.4, -0.2) is 10.9 Å². The number of amides is 1. The number of rotatable bonds is 4. The fourth-order valence-electron chi connectivity index (χ4n) is 3.55. The Labute approximate surface area is 174 Å². The topological polar surface area (TPSA) is 54.0 Å². The molecule has 0 atom stereocenters. The molecule has 0 aliphatic heterocycles. The van der Waals surface area contributed by atoms with Gasteiger partial charge in [0.25, 0.3) is 5.91 Å². The van der Waals surface area contributed by atoms with Gasteiger partial charge in [0.05, 0.1) is 16.7 Å². The van der Waals surface area contributed by atoms with Crippen LogP contribution >= 0.6 is 0 Å². The Morgan fingerprint density at radius 3 is 1.77 bits per heavy atom. The zero-order valence-electron chi connectivity index (χ0n) is 16.2. The molecule has 5 aromatic rings. The van der Waals surface area contributed by atoms with Crippen molar-refractivity contribution in [1.82, 2.24) is 4.98 Å². The maximum Gasteiger partial charge on any atom is 0.255 e. The van der Waals surface area contributed by atoms with Gasteiger partial charge in [0.15, 0.2) is 0 Å². The summed E-state index contributed by atoms with van der Waals surface area (Å²) in [6, 6.07) is 33.1. The third-order valence-corrected chi connectivity index (χ3v) is 5.04. The van der Waals surface area contributed by atoms with Gasteiger partial charge >= 0.3 is 0 Å². The molecule has 4 nitrogen and oxygen atoms in total. The second kappa shape index (κ2) is 7.68. The number of carbonyl (C=O) groups excluding carboxylic acids is 1. The lowest BCUT2D eigenvalue weighted by molar-refractivity contribution is 0.102. The molecule has 0 aliphatic rings. The minimum Gasteiger partial charge on any atom is -0.354 e. The van der Waals surface area contributed by atoms with Gasteiger partial charge in [-0.05, 0) is 48.5 Å². The van der Waals surface area contributed by atoms with Gasteiger partial charge in [0.1, 0.15) is 0 Å². The first-order chi connectivity index (χ1) is 14.8. The average Bonchev–Trinajstić information content (AvgIpc) is 2.80. The number of nitrogens with zero attached hydrogens (tertiary/aromatic N) is 1. The minimum absolute atomic E-state index is 0.123. The minimum atomic E-state index is -0.123. The predicted octanol–water partition coefficient (Wildman–Crippen LogP) is 6.38. The number of fused-ring (bicyclic) bond motifs is 2. The summed E-state index contributed by atoms with van der Waals surface area (Å²) in [6.07, 6.45) is 0. The number of anilines is 3. The molecular weight excluding hydrogens is 370 g/mol. The van der Waals surface area contributed by atoms with Crippen molar-refractivity contribution in [3.05, 3.63) is 109 Å². The quantitative estimate of drug-likeness (QED) is 0.351. The highest BCUT2D eigenvalue weighted by molar-refractivity contribution is 6.08. The van der Waals surface area contributed by atoms with Gasteiger partial charge in [-0.15, -0.1) is 0 Å². The van der Waals surface area contributed by atoms with Crippen LogP contribution in [0.3, 0.4) is 0 Å². The molecule has 30 heavy (non-hydrogen) atoms. The molecule has 1 heterocycles. The van der Waals surface area contributed by atoms with Crippen molar-refractivity contribution in [2.75, 3.05) is 10.6 Å². The van der Waals surface area contributed by atoms with Gasteiger partial charge in [0, 0.05) is 27.7 Å². The predicted molar refractivity (Wildman–Crippen MR) is 123 cm³/mol. The summed E-state index contributed by atoms with van der Waals surface area (Å²) in [4.78, 5) is 17.1. The van der Waals surface area contributed by atoms with Crippen LogP contribution in [0.4, 0.5) is 17.1 Å². The highest BCUT2D eigenvalue weighted by Gasteiger charge is 2.09. The second-order valence-corrected chi connectivity index (χ2v) is 7.04. The molecule has 0 saturated carbocycles. The number of pyridine rings is 1. The molecule has 0 aliphatic carbocycles. The Hall–Kier alpha value is -4.18. The van der Waals surface area contributed by atoms with Crippen LogP contribution in [-0.2, 0) is 0 Å². The van der Waals surface area contributed by atoms with Crippen LogP contribution in [0.5, 0.6) is 0 Å². The van der Waals surface area contributed by atoms with E-state index < -0.39 is 0 Å². The number of para-hydroxylation sites is 2. The van der Waals surface area contributed by atoms with Crippen molar-refractivity contribution in [3.63, 3.8) is 0 Å². The number of benzene rings is 4. The third kappa shape index (κ3) is 3.47. The summed E-state index contributed by atoms with van der Waals surface area (Å²) in [5.74, 6) is -0.123. The van der Waals surface area contributed by atoms with Gasteiger partial charge in [-0.3, -0.25) is 4.79 Å². The van der Waals surface area contributed by atoms with Crippen LogP contribution in [0.15, 0.2) is 103 Å². The van der Waals surface area contributed by atoms with E-state index in [2.05, 4.69) is 22.8 Å². The monoisotopic (exact) mass is 389 g/mol. The Bertz CT molecular complexity index is 1290. The smallest absolute Gasteiger partial charge is 0.255 e. The molecule has 0 spiro atoms. The van der Waals surface area contributed by atoms with E-state index in [-0.39, 0.29) is 5.91 Å². The number of hydrogen-bond donors (Lipinski definition) is 2. The zero-order chi connectivity index (χ0) is 20.3. The van der Waals surface area contributed by atoms with Crippen molar-refractivity contribution in [3.8, 4) is 0 Å². The van der Waals surface area contributed by atoms with Crippen molar-refractivity contribution in [2.24, 2.45) is 0 Å². The van der Waals surface area contributed by atoms with E-state index >= 15 is 0 Å². The van der Waals surface area contributed by atoms with E-state index in [4.69, 9.17) is 4.98 Å². The van der Waals surface area contributed by atoms with Crippen LogP contribution in [0.25, 0.3) is 21.8 Å². The standard InChI is InChI=1S/C26H19N3O/c30-26(18-8-2-1-3-9-18)28-20-16-14-19(15-17-20)27-25-21-10-4-6-12-23(21)29-24-13-7-5-11-22(24)25/h1-17H,(H,27,29)(H,28,30). The lowest BCUT2D eigenvalue weighted by Crippen LogP contribution is -2.11. The van der Waals surface area contributed by atoms with Gasteiger partial charge in [0.2, 0.25) is 0 Å². The summed E-state index contributed by atoms with van der Waals surface area (Å²) in [6.45, 7) is 0. The fourth-order valence-corrected chi connectivity index (χ4v) is 3.55. The summed E-state index contributed by atoms with van der Waals surface area (Å²) < 4.78 is 0. The molecule has 0 unspecified atom stereocenters. The van der Waals surface area contributed by atoms with Crippen molar-refractivity contribution < 1.29 is 4.79 Å². The molecule has 0 bridgehead atoms. The van der Waals surface area contributed by atoms with Gasteiger partial charge < -0.3 is 10.6 Å². The first kappa shape index (κ1) is 17.9. The number of hydrogen-bond acceptors (Lipinski definition) is 3. The highest BCUT2D eigenvalue weighted by atomic mass is 16.1. The van der Waals surface area contributed by atoms with Gasteiger partial charge in [-0.1, -0.05) is 54.6 Å². The molecule has 0 fully saturated rings. The van der Waals surface area contributed by atoms with E-state index in [1.165, 1.54) is 0 Å². The molecule has 2 N–H and O–H groups in total. The van der Waals surface area contributed by atoms with Crippen LogP contribution in [0.2, 0.25) is 0 Å². The van der Waals surface area contributed by atoms with Gasteiger partial charge in [-0.2, -0.15) is 0 Å². The SMILES string of the molecule is O=C(Nc1ccc(Nc2c3ccccc3nc3ccccc23)cc1)c1ccccc1. The molecule has 5 rings (SSSR count). The maximum atomic E-state index is 12.3. The Morgan fingerprint density at radius 2 is 1.13 bits per heavy atom. The first-order valence-corrected chi connectivity index (χ1v) is 9.79. The number of carbonyl (C=O) groups is 1. The van der Waals surface area contributed by atoms with E-state index in [1.54, 1.807) is 12.1 Å². The zero-order valence-corrected chi connectivity index (χ0v) is 16.2. The van der Waals surface area contributed by atoms with Gasteiger partial charge in [-0.25, -0.2) is 4.98 Å². The summed E-state index contributed by atoms with van der Waals surface area (Å²) in [5.41, 5.74) is 5.25. The van der Waals surface area contributed by atoms with Crippen LogP contribution in [0, 0.1) is 0 Å². The molecule has 1 amide bonds. The molecule has 1 aromatic heterocycles. The Balaban J connectivity index is 1.45. The van der Waals surface area contributed by atoms with E-state index in [0.29, 0.717) is 5.56 Å². The molecular formula is C26H19N3O. The Kier molecular flexibility index (Phi) is 4.58. The molecule has 0 radical (unpaired) electrons. The van der Waals surface area contributed by atoms with E-state index in [0.717, 1.165) is 38.9 Å². The largest absolute Gasteiger partial charge is 0.354 e. The third-order valence-electron chi connectivity index (χ3n) is 5.04. The lowest BCUT2D eigenvalue weighted by atomic mass is 10.1. The molecule has 144 valence electrons. The second-order valence-electron chi connectivity index (χ2n) is 7.04. The molecule has 4 heteroatoms. The Morgan fingerprint density at radius 1 is 0.600 bits per heavy atom. The van der Waals surface area contributed by atoms with E-state index in [1.807, 2.05) is 78.9 Å². The molecule has 4 aromatic carbocycles. The fraction of sp³-hybridized carbons (Fsp3) is 0. The summed E-state index contributed by atoms with van der Waals surface area (Å²) in [5, 5.41) is 8.62. The lowest BCUT2D eigenvalue weighted by Gasteiger charge is -2.14. The van der Waals surface area contributed by atoms with Crippen molar-refractivity contribution in [1.29, 1.82) is 0 Å². The molecule has 0 saturated heterocycles. The summed E-state index contributed by atoms with van der Waals surface area (Å²) >= 11 is 0. The van der Waals surface area contributed by atoms with Crippen LogP contribution in [0.1, 0.15) is 10.4 Å². The number of nitrogens with one attached hydrogen (secondary N) is 2. The van der Waals surface area contributed by atoms with Crippen LogP contribution < -0.4 is 10.6 Å². The maximum absolute atomic E-state index is 12.3. The first-order valence-electron chi connectivity index (χ1n) is 9.79. The van der Waals surface area contributed by atoms with Crippen molar-refractivity contribution in [2.45, 2.75) is 0 Å².